The lowest BCUT2D eigenvalue weighted by Crippen LogP contribution is -2.44. The number of hydrogen-bond acceptors (Lipinski definition) is 4. The van der Waals surface area contributed by atoms with E-state index in [1.54, 1.807) is 14.2 Å². The van der Waals surface area contributed by atoms with E-state index in [0.29, 0.717) is 0 Å². The molecule has 1 atom stereocenters. The molecule has 0 spiro atoms. The number of rotatable bonds is 7. The lowest BCUT2D eigenvalue weighted by molar-refractivity contribution is -0.119. The van der Waals surface area contributed by atoms with E-state index < -0.39 is 0 Å². The van der Waals surface area contributed by atoms with Crippen molar-refractivity contribution in [2.45, 2.75) is 39.0 Å². The van der Waals surface area contributed by atoms with Crippen molar-refractivity contribution in [2.24, 2.45) is 5.92 Å². The zero-order chi connectivity index (χ0) is 12.7. The fourth-order valence-corrected chi connectivity index (χ4v) is 2.46. The second kappa shape index (κ2) is 8.03. The van der Waals surface area contributed by atoms with E-state index in [9.17, 15) is 0 Å². The van der Waals surface area contributed by atoms with E-state index in [2.05, 4.69) is 24.1 Å². The zero-order valence-corrected chi connectivity index (χ0v) is 11.7. The molecule has 0 amide bonds. The predicted octanol–water partition coefficient (Wildman–Crippen LogP) is 1.32. The Bertz CT molecular complexity index is 190. The van der Waals surface area contributed by atoms with Crippen LogP contribution < -0.4 is 5.32 Å². The molecular formula is C13H28N2O2. The minimum absolute atomic E-state index is 0.147. The quantitative estimate of drug-likeness (QED) is 0.685. The normalized spacial score (nSPS) is 21.0. The first-order valence-corrected chi connectivity index (χ1v) is 6.72. The summed E-state index contributed by atoms with van der Waals surface area (Å²) in [6.07, 6.45) is 2.46. The van der Waals surface area contributed by atoms with Crippen molar-refractivity contribution in [3.8, 4) is 0 Å². The molecule has 1 heterocycles. The number of hydrogen-bond donors (Lipinski definition) is 1. The highest BCUT2D eigenvalue weighted by Gasteiger charge is 2.20. The Morgan fingerprint density at radius 1 is 1.24 bits per heavy atom. The van der Waals surface area contributed by atoms with Crippen LogP contribution in [0.5, 0.6) is 0 Å². The molecule has 0 aromatic rings. The molecule has 102 valence electrons. The van der Waals surface area contributed by atoms with Crippen LogP contribution in [0.3, 0.4) is 0 Å². The van der Waals surface area contributed by atoms with Crippen LogP contribution in [0, 0.1) is 5.92 Å². The van der Waals surface area contributed by atoms with E-state index in [-0.39, 0.29) is 12.3 Å². The molecule has 0 saturated carbocycles. The Labute approximate surface area is 106 Å². The molecular weight excluding hydrogens is 216 g/mol. The first kappa shape index (κ1) is 14.9. The maximum Gasteiger partial charge on any atom is 0.171 e. The van der Waals surface area contributed by atoms with Crippen LogP contribution in [-0.2, 0) is 9.47 Å². The Morgan fingerprint density at radius 2 is 1.82 bits per heavy atom. The minimum atomic E-state index is -0.147. The molecule has 1 fully saturated rings. The SMILES string of the molecule is CCN1CCC(CNC(C)C(OC)OC)CC1. The zero-order valence-electron chi connectivity index (χ0n) is 11.7. The number of nitrogens with zero attached hydrogens (tertiary/aromatic N) is 1. The van der Waals surface area contributed by atoms with Crippen LogP contribution in [0.2, 0.25) is 0 Å². The lowest BCUT2D eigenvalue weighted by Gasteiger charge is -2.32. The molecule has 4 nitrogen and oxygen atoms in total. The van der Waals surface area contributed by atoms with Crippen molar-refractivity contribution < 1.29 is 9.47 Å². The van der Waals surface area contributed by atoms with Gasteiger partial charge in [0.25, 0.3) is 0 Å². The Kier molecular flexibility index (Phi) is 7.04. The molecule has 0 radical (unpaired) electrons. The van der Waals surface area contributed by atoms with Gasteiger partial charge < -0.3 is 19.7 Å². The van der Waals surface area contributed by atoms with Gasteiger partial charge in [-0.05, 0) is 51.9 Å². The summed E-state index contributed by atoms with van der Waals surface area (Å²) in [4.78, 5) is 2.52. The van der Waals surface area contributed by atoms with Crippen molar-refractivity contribution in [1.29, 1.82) is 0 Å². The van der Waals surface area contributed by atoms with E-state index >= 15 is 0 Å². The van der Waals surface area contributed by atoms with Gasteiger partial charge in [-0.25, -0.2) is 0 Å². The Hall–Kier alpha value is -0.160. The van der Waals surface area contributed by atoms with Gasteiger partial charge in [-0.2, -0.15) is 0 Å². The van der Waals surface area contributed by atoms with Crippen LogP contribution in [0.1, 0.15) is 26.7 Å². The van der Waals surface area contributed by atoms with Gasteiger partial charge in [-0.15, -0.1) is 0 Å². The second-order valence-electron chi connectivity index (χ2n) is 4.91. The molecule has 0 aliphatic carbocycles. The van der Waals surface area contributed by atoms with Crippen LogP contribution in [0.25, 0.3) is 0 Å². The maximum atomic E-state index is 5.24. The van der Waals surface area contributed by atoms with Crippen molar-refractivity contribution >= 4 is 0 Å². The summed E-state index contributed by atoms with van der Waals surface area (Å²) in [5.41, 5.74) is 0. The Balaban J connectivity index is 2.18. The Morgan fingerprint density at radius 3 is 2.29 bits per heavy atom. The minimum Gasteiger partial charge on any atom is -0.354 e. The molecule has 1 aliphatic rings. The highest BCUT2D eigenvalue weighted by atomic mass is 16.7. The summed E-state index contributed by atoms with van der Waals surface area (Å²) in [5, 5.41) is 3.52. The molecule has 1 rings (SSSR count). The highest BCUT2D eigenvalue weighted by Crippen LogP contribution is 2.16. The molecule has 1 aliphatic heterocycles. The summed E-state index contributed by atoms with van der Waals surface area (Å²) in [6, 6.07) is 0.245. The highest BCUT2D eigenvalue weighted by molar-refractivity contribution is 4.75. The molecule has 1 unspecified atom stereocenters. The summed E-state index contributed by atoms with van der Waals surface area (Å²) in [5.74, 6) is 0.801. The molecule has 4 heteroatoms. The van der Waals surface area contributed by atoms with Gasteiger partial charge in [-0.1, -0.05) is 6.92 Å². The van der Waals surface area contributed by atoms with E-state index in [1.807, 2.05) is 0 Å². The van der Waals surface area contributed by atoms with Gasteiger partial charge in [-0.3, -0.25) is 0 Å². The van der Waals surface area contributed by atoms with Gasteiger partial charge in [0.1, 0.15) is 0 Å². The van der Waals surface area contributed by atoms with Crippen molar-refractivity contribution in [2.75, 3.05) is 40.4 Å². The third-order valence-electron chi connectivity index (χ3n) is 3.76. The van der Waals surface area contributed by atoms with Gasteiger partial charge >= 0.3 is 0 Å². The number of methoxy groups -OCH3 is 2. The van der Waals surface area contributed by atoms with Gasteiger partial charge in [0.15, 0.2) is 6.29 Å². The van der Waals surface area contributed by atoms with Crippen LogP contribution in [0.4, 0.5) is 0 Å². The number of ether oxygens (including phenoxy) is 2. The summed E-state index contributed by atoms with van der Waals surface area (Å²) in [6.45, 7) is 9.10. The molecule has 17 heavy (non-hydrogen) atoms. The van der Waals surface area contributed by atoms with Gasteiger partial charge in [0, 0.05) is 14.2 Å². The van der Waals surface area contributed by atoms with Gasteiger partial charge in [0.2, 0.25) is 0 Å². The molecule has 1 N–H and O–H groups in total. The smallest absolute Gasteiger partial charge is 0.171 e. The maximum absolute atomic E-state index is 5.24. The lowest BCUT2D eigenvalue weighted by atomic mass is 9.96. The fraction of sp³-hybridized carbons (Fsp3) is 1.00. The third kappa shape index (κ3) is 4.92. The standard InChI is InChI=1S/C13H28N2O2/c1-5-15-8-6-12(7-9-15)10-14-11(2)13(16-3)17-4/h11-14H,5-10H2,1-4H3. The monoisotopic (exact) mass is 244 g/mol. The summed E-state index contributed by atoms with van der Waals surface area (Å²) < 4.78 is 10.5. The van der Waals surface area contributed by atoms with Crippen molar-refractivity contribution in [3.63, 3.8) is 0 Å². The fourth-order valence-electron chi connectivity index (χ4n) is 2.46. The average molecular weight is 244 g/mol. The molecule has 0 bridgehead atoms. The van der Waals surface area contributed by atoms with Crippen molar-refractivity contribution in [1.82, 2.24) is 10.2 Å². The summed E-state index contributed by atoms with van der Waals surface area (Å²) in [7, 11) is 3.37. The van der Waals surface area contributed by atoms with Crippen LogP contribution in [-0.4, -0.2) is 57.6 Å². The number of piperidine rings is 1. The van der Waals surface area contributed by atoms with Crippen molar-refractivity contribution in [3.05, 3.63) is 0 Å². The predicted molar refractivity (Wildman–Crippen MR) is 70.1 cm³/mol. The van der Waals surface area contributed by atoms with Crippen LogP contribution in [0.15, 0.2) is 0 Å². The first-order valence-electron chi connectivity index (χ1n) is 6.72. The average Bonchev–Trinajstić information content (AvgIpc) is 2.38. The third-order valence-corrected chi connectivity index (χ3v) is 3.76. The molecule has 1 saturated heterocycles. The summed E-state index contributed by atoms with van der Waals surface area (Å²) >= 11 is 0. The largest absolute Gasteiger partial charge is 0.354 e. The first-order chi connectivity index (χ1) is 8.21. The van der Waals surface area contributed by atoms with E-state index in [1.165, 1.54) is 32.5 Å². The van der Waals surface area contributed by atoms with E-state index in [4.69, 9.17) is 9.47 Å². The second-order valence-corrected chi connectivity index (χ2v) is 4.91. The molecule has 0 aromatic heterocycles. The van der Waals surface area contributed by atoms with E-state index in [0.717, 1.165) is 12.5 Å². The van der Waals surface area contributed by atoms with Crippen LogP contribution >= 0.6 is 0 Å². The molecule has 0 aromatic carbocycles. The van der Waals surface area contributed by atoms with Gasteiger partial charge in [0.05, 0.1) is 6.04 Å². The number of likely N-dealkylation sites (tertiary alicyclic amines) is 1. The number of nitrogens with one attached hydrogen (secondary N) is 1. The topological polar surface area (TPSA) is 33.7 Å².